The fraction of sp³-hybridized carbons (Fsp3) is 0.559. The number of anilines is 2. The molecule has 0 radical (unpaired) electrons. The highest BCUT2D eigenvalue weighted by Gasteiger charge is 2.32. The summed E-state index contributed by atoms with van der Waals surface area (Å²) in [7, 11) is 0. The van der Waals surface area contributed by atoms with Crippen molar-refractivity contribution in [2.45, 2.75) is 96.4 Å². The Morgan fingerprint density at radius 1 is 1.04 bits per heavy atom. The summed E-state index contributed by atoms with van der Waals surface area (Å²) in [5.41, 5.74) is 2.45. The molecule has 4 heterocycles. The van der Waals surface area contributed by atoms with Crippen LogP contribution in [0.1, 0.15) is 64.5 Å². The van der Waals surface area contributed by atoms with E-state index in [4.69, 9.17) is 19.3 Å². The molecule has 0 unspecified atom stereocenters. The van der Waals surface area contributed by atoms with Crippen molar-refractivity contribution in [1.29, 1.82) is 5.26 Å². The van der Waals surface area contributed by atoms with Crippen LogP contribution in [0.5, 0.6) is 11.6 Å². The van der Waals surface area contributed by atoms with E-state index in [0.717, 1.165) is 49.9 Å². The number of tetrazole rings is 1. The highest BCUT2D eigenvalue weighted by Crippen LogP contribution is 2.35. The van der Waals surface area contributed by atoms with Gasteiger partial charge in [0.15, 0.2) is 0 Å². The third-order valence-electron chi connectivity index (χ3n) is 8.97. The molecule has 0 bridgehead atoms. The number of hydrogen-bond donors (Lipinski definition) is 1. The lowest BCUT2D eigenvalue weighted by Crippen LogP contribution is -2.51. The molecule has 6 rings (SSSR count). The SMILES string of the molecule is C[C@@H]1CN([C@H]2CC[C@H](n3cc(Nc4ncc(-c5ccc(C#N)c(O[C@@H](C)Cn6cnnn6)c5)cn4)c(OCCCOC(F)F)n3)CC2)C[C@H](C)O1. The van der Waals surface area contributed by atoms with Gasteiger partial charge in [0.1, 0.15) is 29.9 Å². The smallest absolute Gasteiger partial charge is 0.345 e. The molecule has 17 heteroatoms. The molecule has 1 N–H and O–H groups in total. The summed E-state index contributed by atoms with van der Waals surface area (Å²) in [4.78, 5) is 11.6. The number of ether oxygens (including phenoxy) is 4. The molecule has 1 aromatic carbocycles. The van der Waals surface area contributed by atoms with Crippen LogP contribution in [0.4, 0.5) is 20.4 Å². The predicted molar refractivity (Wildman–Crippen MR) is 181 cm³/mol. The van der Waals surface area contributed by atoms with Crippen molar-refractivity contribution in [1.82, 2.24) is 44.9 Å². The van der Waals surface area contributed by atoms with Gasteiger partial charge in [0, 0.05) is 43.5 Å². The van der Waals surface area contributed by atoms with Crippen molar-refractivity contribution < 1.29 is 27.7 Å². The van der Waals surface area contributed by atoms with Gasteiger partial charge in [-0.15, -0.1) is 10.2 Å². The fourth-order valence-corrected chi connectivity index (χ4v) is 6.69. The Morgan fingerprint density at radius 2 is 1.78 bits per heavy atom. The Bertz CT molecular complexity index is 1720. The second kappa shape index (κ2) is 16.9. The number of benzene rings is 1. The topological polar surface area (TPSA) is 163 Å². The van der Waals surface area contributed by atoms with E-state index in [2.05, 4.69) is 60.4 Å². The largest absolute Gasteiger partial charge is 0.487 e. The minimum atomic E-state index is -2.82. The van der Waals surface area contributed by atoms with Gasteiger partial charge in [-0.05, 0) is 74.6 Å². The van der Waals surface area contributed by atoms with Gasteiger partial charge in [0.2, 0.25) is 5.95 Å². The summed E-state index contributed by atoms with van der Waals surface area (Å²) in [5.74, 6) is 1.08. The van der Waals surface area contributed by atoms with Crippen LogP contribution < -0.4 is 14.8 Å². The maximum absolute atomic E-state index is 12.5. The van der Waals surface area contributed by atoms with Crippen LogP contribution in [0.25, 0.3) is 11.1 Å². The van der Waals surface area contributed by atoms with E-state index in [-0.39, 0.29) is 44.0 Å². The number of nitrogens with one attached hydrogen (secondary N) is 1. The molecular formula is C34H43F2N11O4. The van der Waals surface area contributed by atoms with Crippen LogP contribution in [-0.4, -0.2) is 102 Å². The number of hydrogen-bond acceptors (Lipinski definition) is 13. The number of aromatic nitrogens is 8. The lowest BCUT2D eigenvalue weighted by atomic mass is 9.89. The number of rotatable bonds is 15. The number of morpholine rings is 1. The van der Waals surface area contributed by atoms with Crippen molar-refractivity contribution in [3.63, 3.8) is 0 Å². The van der Waals surface area contributed by atoms with Gasteiger partial charge in [-0.3, -0.25) is 9.58 Å². The molecule has 1 saturated heterocycles. The summed E-state index contributed by atoms with van der Waals surface area (Å²) >= 11 is 0. The van der Waals surface area contributed by atoms with Gasteiger partial charge in [-0.25, -0.2) is 14.6 Å². The van der Waals surface area contributed by atoms with Crippen molar-refractivity contribution in [3.05, 3.63) is 48.7 Å². The molecule has 4 aromatic rings. The summed E-state index contributed by atoms with van der Waals surface area (Å²) in [5, 5.41) is 28.8. The third kappa shape index (κ3) is 9.72. The van der Waals surface area contributed by atoms with Crippen molar-refractivity contribution in [3.8, 4) is 28.8 Å². The molecule has 15 nitrogen and oxygen atoms in total. The molecule has 272 valence electrons. The first kappa shape index (κ1) is 36.0. The van der Waals surface area contributed by atoms with Gasteiger partial charge in [0.05, 0.1) is 49.8 Å². The zero-order valence-electron chi connectivity index (χ0n) is 28.9. The number of nitriles is 1. The number of nitrogens with zero attached hydrogens (tertiary/aromatic N) is 10. The quantitative estimate of drug-likeness (QED) is 0.164. The Labute approximate surface area is 294 Å². The van der Waals surface area contributed by atoms with E-state index in [1.54, 1.807) is 29.2 Å². The van der Waals surface area contributed by atoms with E-state index < -0.39 is 6.61 Å². The van der Waals surface area contributed by atoms with Crippen molar-refractivity contribution in [2.24, 2.45) is 0 Å². The molecule has 3 atom stereocenters. The number of alkyl halides is 2. The minimum absolute atomic E-state index is 0.130. The molecule has 0 spiro atoms. The lowest BCUT2D eigenvalue weighted by Gasteiger charge is -2.42. The molecule has 3 aromatic heterocycles. The van der Waals surface area contributed by atoms with Crippen LogP contribution in [0.3, 0.4) is 0 Å². The highest BCUT2D eigenvalue weighted by atomic mass is 19.3. The van der Waals surface area contributed by atoms with Crippen LogP contribution in [0.2, 0.25) is 0 Å². The van der Waals surface area contributed by atoms with E-state index in [1.807, 2.05) is 23.9 Å². The first-order chi connectivity index (χ1) is 24.7. The van der Waals surface area contributed by atoms with Gasteiger partial charge in [0.25, 0.3) is 5.88 Å². The summed E-state index contributed by atoms with van der Waals surface area (Å²) in [6, 6.07) is 8.16. The van der Waals surface area contributed by atoms with Gasteiger partial charge in [-0.1, -0.05) is 6.07 Å². The zero-order chi connectivity index (χ0) is 35.7. The van der Waals surface area contributed by atoms with E-state index in [1.165, 1.54) is 6.33 Å². The Kier molecular flexibility index (Phi) is 12.0. The summed E-state index contributed by atoms with van der Waals surface area (Å²) in [6.45, 7) is 5.63. The average Bonchev–Trinajstić information content (AvgIpc) is 3.78. The van der Waals surface area contributed by atoms with Gasteiger partial charge >= 0.3 is 6.61 Å². The first-order valence-corrected chi connectivity index (χ1v) is 17.3. The molecule has 2 fully saturated rings. The second-order valence-electron chi connectivity index (χ2n) is 13.0. The Hall–Kier alpha value is -4.79. The second-order valence-corrected chi connectivity index (χ2v) is 13.0. The molecule has 0 amide bonds. The van der Waals surface area contributed by atoms with E-state index in [9.17, 15) is 14.0 Å². The molecule has 1 saturated carbocycles. The summed E-state index contributed by atoms with van der Waals surface area (Å²) < 4.78 is 50.7. The molecular weight excluding hydrogens is 664 g/mol. The van der Waals surface area contributed by atoms with E-state index in [0.29, 0.717) is 41.4 Å². The Morgan fingerprint density at radius 3 is 2.47 bits per heavy atom. The third-order valence-corrected chi connectivity index (χ3v) is 8.97. The van der Waals surface area contributed by atoms with Crippen LogP contribution in [-0.2, 0) is 16.0 Å². The maximum Gasteiger partial charge on any atom is 0.345 e. The molecule has 2 aliphatic rings. The maximum atomic E-state index is 12.5. The van der Waals surface area contributed by atoms with Crippen LogP contribution >= 0.6 is 0 Å². The van der Waals surface area contributed by atoms with Gasteiger partial charge in [-0.2, -0.15) is 14.0 Å². The van der Waals surface area contributed by atoms with E-state index >= 15 is 0 Å². The summed E-state index contributed by atoms with van der Waals surface area (Å²) in [6.07, 6.45) is 11.2. The fourth-order valence-electron chi connectivity index (χ4n) is 6.69. The monoisotopic (exact) mass is 707 g/mol. The highest BCUT2D eigenvalue weighted by molar-refractivity contribution is 5.67. The average molecular weight is 708 g/mol. The first-order valence-electron chi connectivity index (χ1n) is 17.3. The predicted octanol–water partition coefficient (Wildman–Crippen LogP) is 5.01. The standard InChI is InChI=1S/C34H43F2N11O4/c1-22-17-45(18-23(2)50-22)28-7-9-29(10-8-28)47-20-30(32(42-47)48-11-4-12-49-33(35)36)41-34-38-15-27(16-39-34)25-5-6-26(14-37)31(13-25)51-24(3)19-46-21-40-43-44-46/h5-6,13,15-16,20-24,28-29,33H,4,7-12,17-19H2,1-3H3,(H,38,39,41)/t22-,23+,24-,28-,29-/m0/s1. The number of halogens is 2. The van der Waals surface area contributed by atoms with Gasteiger partial charge < -0.3 is 24.3 Å². The minimum Gasteiger partial charge on any atom is -0.487 e. The normalized spacial score (nSPS) is 21.7. The molecule has 1 aliphatic carbocycles. The molecule has 1 aliphatic heterocycles. The zero-order valence-corrected chi connectivity index (χ0v) is 28.9. The van der Waals surface area contributed by atoms with Crippen LogP contribution in [0, 0.1) is 11.3 Å². The van der Waals surface area contributed by atoms with Crippen LogP contribution in [0.15, 0.2) is 43.1 Å². The Balaban J connectivity index is 1.13. The lowest BCUT2D eigenvalue weighted by molar-refractivity contribution is -0.130. The molecule has 51 heavy (non-hydrogen) atoms. The van der Waals surface area contributed by atoms with Crippen molar-refractivity contribution in [2.75, 3.05) is 31.6 Å². The van der Waals surface area contributed by atoms with Crippen molar-refractivity contribution >= 4 is 11.6 Å².